The summed E-state index contributed by atoms with van der Waals surface area (Å²) in [6.07, 6.45) is -0.836. The third-order valence-electron chi connectivity index (χ3n) is 4.62. The number of rotatable bonds is 4. The largest absolute Gasteiger partial charge is 0.476 e. The van der Waals surface area contributed by atoms with E-state index >= 15 is 0 Å². The minimum atomic E-state index is -0.836. The monoisotopic (exact) mass is 438 g/mol. The van der Waals surface area contributed by atoms with Crippen LogP contribution in [0.3, 0.4) is 0 Å². The third kappa shape index (κ3) is 4.45. The molecule has 0 saturated heterocycles. The molecule has 0 fully saturated rings. The maximum atomic E-state index is 13.0. The van der Waals surface area contributed by atoms with E-state index in [1.807, 2.05) is 48.5 Å². The van der Waals surface area contributed by atoms with Crippen LogP contribution in [0, 0.1) is 0 Å². The maximum absolute atomic E-state index is 13.0. The number of fused-ring (bicyclic) bond motifs is 1. The van der Waals surface area contributed by atoms with Gasteiger partial charge in [-0.3, -0.25) is 9.59 Å². The quantitative estimate of drug-likeness (QED) is 0.604. The van der Waals surface area contributed by atoms with Crippen LogP contribution in [0.1, 0.15) is 6.92 Å². The molecular formula is C23H19ClN2O3S. The van der Waals surface area contributed by atoms with E-state index < -0.39 is 6.10 Å². The van der Waals surface area contributed by atoms with Crippen molar-refractivity contribution in [3.8, 4) is 5.75 Å². The van der Waals surface area contributed by atoms with E-state index in [0.29, 0.717) is 22.1 Å². The van der Waals surface area contributed by atoms with Gasteiger partial charge < -0.3 is 15.0 Å². The lowest BCUT2D eigenvalue weighted by molar-refractivity contribution is -0.123. The number of hydrogen-bond donors (Lipinski definition) is 1. The van der Waals surface area contributed by atoms with Gasteiger partial charge in [0.2, 0.25) is 5.91 Å². The molecule has 1 N–H and O–H groups in total. The molecule has 152 valence electrons. The van der Waals surface area contributed by atoms with Crippen molar-refractivity contribution >= 4 is 46.6 Å². The van der Waals surface area contributed by atoms with Crippen molar-refractivity contribution in [1.82, 2.24) is 0 Å². The second kappa shape index (κ2) is 8.81. The number of nitrogens with one attached hydrogen (secondary N) is 1. The van der Waals surface area contributed by atoms with E-state index in [9.17, 15) is 9.59 Å². The average molecular weight is 439 g/mol. The number of anilines is 2. The minimum absolute atomic E-state index is 0.139. The van der Waals surface area contributed by atoms with Crippen molar-refractivity contribution in [3.63, 3.8) is 0 Å². The Hall–Kier alpha value is -2.96. The molecule has 0 aliphatic carbocycles. The number of nitrogens with zero attached hydrogens (tertiary/aromatic N) is 1. The highest BCUT2D eigenvalue weighted by Gasteiger charge is 2.32. The summed E-state index contributed by atoms with van der Waals surface area (Å²) < 4.78 is 5.89. The smallest absolute Gasteiger partial charge is 0.267 e. The number of carbonyl (C=O) groups excluding carboxylic acids is 2. The van der Waals surface area contributed by atoms with Crippen LogP contribution in [-0.4, -0.2) is 24.5 Å². The number of hydrogen-bond acceptors (Lipinski definition) is 4. The third-order valence-corrected chi connectivity index (χ3v) is 5.94. The highest BCUT2D eigenvalue weighted by Crippen LogP contribution is 2.36. The Kier molecular flexibility index (Phi) is 5.97. The van der Waals surface area contributed by atoms with Crippen LogP contribution < -0.4 is 15.0 Å². The van der Waals surface area contributed by atoms with E-state index in [1.165, 1.54) is 18.7 Å². The Morgan fingerprint density at radius 2 is 1.80 bits per heavy atom. The molecule has 1 aliphatic rings. The summed E-state index contributed by atoms with van der Waals surface area (Å²) in [6.45, 7) is 1.61. The molecule has 1 atom stereocenters. The van der Waals surface area contributed by atoms with Crippen molar-refractivity contribution in [2.75, 3.05) is 16.8 Å². The topological polar surface area (TPSA) is 58.6 Å². The van der Waals surface area contributed by atoms with Gasteiger partial charge in [0.15, 0.2) is 6.10 Å². The molecule has 1 unspecified atom stereocenters. The molecule has 1 aliphatic heterocycles. The van der Waals surface area contributed by atoms with Crippen LogP contribution in [0.2, 0.25) is 5.02 Å². The van der Waals surface area contributed by atoms with Crippen molar-refractivity contribution < 1.29 is 14.3 Å². The predicted molar refractivity (Wildman–Crippen MR) is 120 cm³/mol. The van der Waals surface area contributed by atoms with Gasteiger partial charge in [0.25, 0.3) is 5.91 Å². The van der Waals surface area contributed by atoms with Gasteiger partial charge in [-0.15, -0.1) is 0 Å². The van der Waals surface area contributed by atoms with E-state index in [-0.39, 0.29) is 18.4 Å². The van der Waals surface area contributed by atoms with Gasteiger partial charge >= 0.3 is 0 Å². The lowest BCUT2D eigenvalue weighted by Crippen LogP contribution is -2.48. The van der Waals surface area contributed by atoms with Crippen molar-refractivity contribution in [1.29, 1.82) is 0 Å². The van der Waals surface area contributed by atoms with Crippen molar-refractivity contribution in [2.24, 2.45) is 0 Å². The van der Waals surface area contributed by atoms with E-state index in [2.05, 4.69) is 5.32 Å². The van der Waals surface area contributed by atoms with Crippen molar-refractivity contribution in [2.45, 2.75) is 22.8 Å². The first kappa shape index (κ1) is 20.3. The van der Waals surface area contributed by atoms with Crippen LogP contribution in [0.5, 0.6) is 5.75 Å². The summed E-state index contributed by atoms with van der Waals surface area (Å²) >= 11 is 7.70. The van der Waals surface area contributed by atoms with Gasteiger partial charge in [-0.25, -0.2) is 0 Å². The van der Waals surface area contributed by atoms with Crippen LogP contribution in [0.4, 0.5) is 11.4 Å². The molecule has 0 saturated carbocycles. The molecular weight excluding hydrogens is 420 g/mol. The SMILES string of the molecule is CC(=O)N1CC(C(=O)Nc2cc(Cl)ccc2Sc2ccccc2)Oc2ccccc21. The predicted octanol–water partition coefficient (Wildman–Crippen LogP) is 5.24. The van der Waals surface area contributed by atoms with Crippen molar-refractivity contribution in [3.05, 3.63) is 77.8 Å². The molecule has 0 aromatic heterocycles. The fourth-order valence-corrected chi connectivity index (χ4v) is 4.26. The number of amides is 2. The summed E-state index contributed by atoms with van der Waals surface area (Å²) in [4.78, 5) is 28.6. The van der Waals surface area contributed by atoms with Gasteiger partial charge in [0.1, 0.15) is 5.75 Å². The second-order valence-electron chi connectivity index (χ2n) is 6.75. The molecule has 2 amide bonds. The number of halogens is 1. The zero-order valence-electron chi connectivity index (χ0n) is 16.2. The van der Waals surface area contributed by atoms with Crippen LogP contribution in [0.15, 0.2) is 82.6 Å². The molecule has 5 nitrogen and oxygen atoms in total. The van der Waals surface area contributed by atoms with Crippen LogP contribution in [0.25, 0.3) is 0 Å². The molecule has 0 bridgehead atoms. The van der Waals surface area contributed by atoms with Gasteiger partial charge in [0.05, 0.1) is 17.9 Å². The first-order valence-electron chi connectivity index (χ1n) is 9.38. The van der Waals surface area contributed by atoms with Crippen LogP contribution >= 0.6 is 23.4 Å². The highest BCUT2D eigenvalue weighted by atomic mass is 35.5. The molecule has 0 radical (unpaired) electrons. The number of carbonyl (C=O) groups is 2. The number of benzene rings is 3. The van der Waals surface area contributed by atoms with Gasteiger partial charge in [-0.2, -0.15) is 0 Å². The Morgan fingerprint density at radius 3 is 2.57 bits per heavy atom. The zero-order valence-corrected chi connectivity index (χ0v) is 17.7. The van der Waals surface area contributed by atoms with E-state index in [1.54, 1.807) is 29.2 Å². The molecule has 1 heterocycles. The first-order chi connectivity index (χ1) is 14.5. The van der Waals surface area contributed by atoms with E-state index in [0.717, 1.165) is 9.79 Å². The Bertz CT molecular complexity index is 1090. The first-order valence-corrected chi connectivity index (χ1v) is 10.6. The zero-order chi connectivity index (χ0) is 21.1. The second-order valence-corrected chi connectivity index (χ2v) is 8.30. The summed E-state index contributed by atoms with van der Waals surface area (Å²) in [5, 5.41) is 3.44. The van der Waals surface area contributed by atoms with Gasteiger partial charge in [0, 0.05) is 21.7 Å². The molecule has 4 rings (SSSR count). The normalized spacial score (nSPS) is 15.1. The fourth-order valence-electron chi connectivity index (χ4n) is 3.19. The molecule has 0 spiro atoms. The summed E-state index contributed by atoms with van der Waals surface area (Å²) in [7, 11) is 0. The Labute approximate surface area is 184 Å². The summed E-state index contributed by atoms with van der Waals surface area (Å²) in [6, 6.07) is 22.4. The summed E-state index contributed by atoms with van der Waals surface area (Å²) in [5.74, 6) is 0.0173. The molecule has 30 heavy (non-hydrogen) atoms. The van der Waals surface area contributed by atoms with Gasteiger partial charge in [-0.1, -0.05) is 53.7 Å². The molecule has 7 heteroatoms. The highest BCUT2D eigenvalue weighted by molar-refractivity contribution is 7.99. The lowest BCUT2D eigenvalue weighted by Gasteiger charge is -2.33. The lowest BCUT2D eigenvalue weighted by atomic mass is 10.1. The fraction of sp³-hybridized carbons (Fsp3) is 0.130. The van der Waals surface area contributed by atoms with Crippen LogP contribution in [-0.2, 0) is 9.59 Å². The average Bonchev–Trinajstić information content (AvgIpc) is 2.75. The summed E-state index contributed by atoms with van der Waals surface area (Å²) in [5.41, 5.74) is 1.26. The Morgan fingerprint density at radius 1 is 1.07 bits per heavy atom. The molecule has 3 aromatic rings. The number of para-hydroxylation sites is 2. The number of ether oxygens (including phenoxy) is 1. The minimum Gasteiger partial charge on any atom is -0.476 e. The van der Waals surface area contributed by atoms with Gasteiger partial charge in [-0.05, 0) is 42.5 Å². The molecule has 3 aromatic carbocycles. The maximum Gasteiger partial charge on any atom is 0.267 e. The standard InChI is InChI=1S/C23H19ClN2O3S/c1-15(27)26-14-21(29-20-10-6-5-9-19(20)26)23(28)25-18-13-16(24)11-12-22(18)30-17-7-3-2-4-8-17/h2-13,21H,14H2,1H3,(H,25,28). The Balaban J connectivity index is 1.57. The van der Waals surface area contributed by atoms with E-state index in [4.69, 9.17) is 16.3 Å².